The van der Waals surface area contributed by atoms with Crippen molar-refractivity contribution in [3.8, 4) is 5.75 Å². The topological polar surface area (TPSA) is 75.9 Å². The zero-order valence-corrected chi connectivity index (χ0v) is 16.6. The van der Waals surface area contributed by atoms with Crippen LogP contribution in [0.4, 0.5) is 5.82 Å². The lowest BCUT2D eigenvalue weighted by Gasteiger charge is -2.25. The second-order valence-corrected chi connectivity index (χ2v) is 7.95. The van der Waals surface area contributed by atoms with Crippen LogP contribution in [-0.2, 0) is 4.79 Å². The monoisotopic (exact) mass is 392 g/mol. The third-order valence-electron chi connectivity index (χ3n) is 5.93. The molecule has 2 fully saturated rings. The molecular weight excluding hydrogens is 368 g/mol. The molecule has 29 heavy (non-hydrogen) atoms. The zero-order valence-electron chi connectivity index (χ0n) is 16.6. The number of carbonyl (C=O) groups excluding carboxylic acids is 1. The molecule has 0 radical (unpaired) electrons. The van der Waals surface area contributed by atoms with Crippen LogP contribution >= 0.6 is 0 Å². The Morgan fingerprint density at radius 1 is 1.03 bits per heavy atom. The van der Waals surface area contributed by atoms with Crippen LogP contribution < -0.4 is 9.64 Å². The maximum absolute atomic E-state index is 12.8. The Kier molecular flexibility index (Phi) is 4.34. The number of para-hydroxylation sites is 1. The Morgan fingerprint density at radius 3 is 2.48 bits per heavy atom. The highest BCUT2D eigenvalue weighted by Crippen LogP contribution is 2.33. The van der Waals surface area contributed by atoms with Gasteiger partial charge in [0.05, 0.1) is 0 Å². The van der Waals surface area contributed by atoms with E-state index in [-0.39, 0.29) is 5.91 Å². The van der Waals surface area contributed by atoms with Gasteiger partial charge in [-0.1, -0.05) is 18.2 Å². The highest BCUT2D eigenvalue weighted by Gasteiger charge is 2.43. The van der Waals surface area contributed by atoms with E-state index in [0.29, 0.717) is 11.8 Å². The van der Waals surface area contributed by atoms with Gasteiger partial charge in [-0.25, -0.2) is 0 Å². The second-order valence-electron chi connectivity index (χ2n) is 7.95. The third kappa shape index (κ3) is 3.28. The van der Waals surface area contributed by atoms with E-state index in [9.17, 15) is 4.79 Å². The number of hydrogen-bond donors (Lipinski definition) is 0. The smallest absolute Gasteiger partial charge is 0.263 e. The number of carbonyl (C=O) groups is 1. The number of rotatable bonds is 4. The van der Waals surface area contributed by atoms with Crippen LogP contribution in [-0.4, -0.2) is 62.9 Å². The van der Waals surface area contributed by atoms with Gasteiger partial charge in [0.1, 0.15) is 11.6 Å². The number of ether oxygens (including phenoxy) is 1. The van der Waals surface area contributed by atoms with Crippen LogP contribution in [0.25, 0.3) is 5.65 Å². The minimum atomic E-state index is -0.479. The molecular formula is C21H24N6O2. The normalized spacial score (nSPS) is 22.1. The lowest BCUT2D eigenvalue weighted by Crippen LogP contribution is -2.41. The molecule has 5 rings (SSSR count). The summed E-state index contributed by atoms with van der Waals surface area (Å²) in [7, 11) is 0. The summed E-state index contributed by atoms with van der Waals surface area (Å²) in [5.74, 6) is 3.43. The van der Waals surface area contributed by atoms with Crippen molar-refractivity contribution in [2.75, 3.05) is 31.1 Å². The van der Waals surface area contributed by atoms with Gasteiger partial charge >= 0.3 is 0 Å². The van der Waals surface area contributed by atoms with Crippen LogP contribution in [0.15, 0.2) is 42.5 Å². The summed E-state index contributed by atoms with van der Waals surface area (Å²) in [5, 5.41) is 12.9. The van der Waals surface area contributed by atoms with Crippen molar-refractivity contribution in [3.05, 3.63) is 48.3 Å². The molecule has 150 valence electrons. The van der Waals surface area contributed by atoms with Crippen LogP contribution in [0.3, 0.4) is 0 Å². The number of amides is 1. The summed E-state index contributed by atoms with van der Waals surface area (Å²) in [6, 6.07) is 13.5. The number of likely N-dealkylation sites (tertiary alicyclic amines) is 1. The molecule has 1 amide bonds. The first kappa shape index (κ1) is 17.9. The highest BCUT2D eigenvalue weighted by atomic mass is 16.5. The molecule has 3 atom stereocenters. The van der Waals surface area contributed by atoms with E-state index in [1.165, 1.54) is 0 Å². The molecule has 2 aliphatic heterocycles. The van der Waals surface area contributed by atoms with Crippen LogP contribution in [0.1, 0.15) is 12.7 Å². The second kappa shape index (κ2) is 7.02. The van der Waals surface area contributed by atoms with E-state index in [4.69, 9.17) is 9.84 Å². The molecule has 3 unspecified atom stereocenters. The first-order valence-corrected chi connectivity index (χ1v) is 10.0. The average molecular weight is 392 g/mol. The molecule has 0 saturated carbocycles. The fourth-order valence-corrected chi connectivity index (χ4v) is 4.43. The number of aryl methyl sites for hydroxylation is 1. The Labute approximate surface area is 169 Å². The molecule has 3 aromatic rings. The summed E-state index contributed by atoms with van der Waals surface area (Å²) in [5.41, 5.74) is 0.759. The number of hydrogen-bond acceptors (Lipinski definition) is 6. The summed E-state index contributed by atoms with van der Waals surface area (Å²) in [4.78, 5) is 17.1. The quantitative estimate of drug-likeness (QED) is 0.674. The maximum Gasteiger partial charge on any atom is 0.263 e. The van der Waals surface area contributed by atoms with E-state index < -0.39 is 6.10 Å². The first-order chi connectivity index (χ1) is 14.1. The van der Waals surface area contributed by atoms with Crippen molar-refractivity contribution < 1.29 is 9.53 Å². The maximum atomic E-state index is 12.8. The van der Waals surface area contributed by atoms with Crippen molar-refractivity contribution >= 4 is 17.4 Å². The van der Waals surface area contributed by atoms with Crippen LogP contribution in [0, 0.1) is 18.8 Å². The van der Waals surface area contributed by atoms with Gasteiger partial charge in [-0.3, -0.25) is 4.79 Å². The molecule has 8 nitrogen and oxygen atoms in total. The van der Waals surface area contributed by atoms with Gasteiger partial charge in [0.25, 0.3) is 5.91 Å². The summed E-state index contributed by atoms with van der Waals surface area (Å²) < 4.78 is 7.60. The summed E-state index contributed by atoms with van der Waals surface area (Å²) in [6.07, 6.45) is -0.479. The Bertz CT molecular complexity index is 1020. The van der Waals surface area contributed by atoms with Crippen molar-refractivity contribution in [2.45, 2.75) is 20.0 Å². The Balaban J connectivity index is 1.22. The molecule has 2 saturated heterocycles. The molecule has 1 aromatic carbocycles. The SMILES string of the molecule is Cc1nnc2ccc(N3CC4CN(C(=O)C(C)Oc5ccccc5)CC4C3)nn12. The van der Waals surface area contributed by atoms with Gasteiger partial charge in [0, 0.05) is 38.0 Å². The molecule has 2 aromatic heterocycles. The van der Waals surface area contributed by atoms with Crippen LogP contribution in [0.5, 0.6) is 5.75 Å². The molecule has 0 N–H and O–H groups in total. The molecule has 0 spiro atoms. The first-order valence-electron chi connectivity index (χ1n) is 10.0. The molecule has 4 heterocycles. The van der Waals surface area contributed by atoms with Crippen molar-refractivity contribution in [3.63, 3.8) is 0 Å². The molecule has 8 heteroatoms. The van der Waals surface area contributed by atoms with E-state index in [1.54, 1.807) is 4.52 Å². The standard InChI is InChI=1S/C21H24N6O2/c1-14(29-18-6-4-3-5-7-18)21(28)26-12-16-10-25(11-17(16)13-26)20-9-8-19-23-22-15(2)27(19)24-20/h3-9,14,16-17H,10-13H2,1-2H3. The van der Waals surface area contributed by atoms with Gasteiger partial charge in [-0.05, 0) is 38.1 Å². The fraction of sp³-hybridized carbons (Fsp3) is 0.429. The fourth-order valence-electron chi connectivity index (χ4n) is 4.43. The van der Waals surface area contributed by atoms with Gasteiger partial charge in [-0.15, -0.1) is 15.3 Å². The number of fused-ring (bicyclic) bond motifs is 2. The summed E-state index contributed by atoms with van der Waals surface area (Å²) in [6.45, 7) is 7.09. The van der Waals surface area contributed by atoms with E-state index in [1.807, 2.05) is 61.2 Å². The van der Waals surface area contributed by atoms with E-state index in [2.05, 4.69) is 15.1 Å². The largest absolute Gasteiger partial charge is 0.481 e. The minimum absolute atomic E-state index is 0.0643. The van der Waals surface area contributed by atoms with Crippen molar-refractivity contribution in [1.82, 2.24) is 24.7 Å². The number of nitrogens with zero attached hydrogens (tertiary/aromatic N) is 6. The number of anilines is 1. The zero-order chi connectivity index (χ0) is 20.0. The van der Waals surface area contributed by atoms with Gasteiger partial charge in [0.15, 0.2) is 17.6 Å². The van der Waals surface area contributed by atoms with Gasteiger partial charge < -0.3 is 14.5 Å². The van der Waals surface area contributed by atoms with E-state index in [0.717, 1.165) is 49.2 Å². The summed E-state index contributed by atoms with van der Waals surface area (Å²) >= 11 is 0. The lowest BCUT2D eigenvalue weighted by molar-refractivity contribution is -0.137. The average Bonchev–Trinajstić information content (AvgIpc) is 3.41. The predicted octanol–water partition coefficient (Wildman–Crippen LogP) is 1.79. The van der Waals surface area contributed by atoms with E-state index >= 15 is 0 Å². The lowest BCUT2D eigenvalue weighted by atomic mass is 10.0. The third-order valence-corrected chi connectivity index (χ3v) is 5.93. The number of benzene rings is 1. The number of aromatic nitrogens is 4. The van der Waals surface area contributed by atoms with Crippen molar-refractivity contribution in [1.29, 1.82) is 0 Å². The predicted molar refractivity (Wildman–Crippen MR) is 108 cm³/mol. The highest BCUT2D eigenvalue weighted by molar-refractivity contribution is 5.81. The Hall–Kier alpha value is -3.16. The van der Waals surface area contributed by atoms with Gasteiger partial charge in [0.2, 0.25) is 0 Å². The van der Waals surface area contributed by atoms with Crippen LogP contribution in [0.2, 0.25) is 0 Å². The molecule has 2 aliphatic rings. The minimum Gasteiger partial charge on any atom is -0.481 e. The van der Waals surface area contributed by atoms with Crippen molar-refractivity contribution in [2.24, 2.45) is 11.8 Å². The molecule has 0 aliphatic carbocycles. The van der Waals surface area contributed by atoms with Gasteiger partial charge in [-0.2, -0.15) is 4.52 Å². The molecule has 0 bridgehead atoms. The Morgan fingerprint density at radius 2 is 1.76 bits per heavy atom.